The lowest BCUT2D eigenvalue weighted by Gasteiger charge is -2.41. The highest BCUT2D eigenvalue weighted by Crippen LogP contribution is 2.45. The van der Waals surface area contributed by atoms with Gasteiger partial charge in [-0.3, -0.25) is 4.79 Å². The van der Waals surface area contributed by atoms with E-state index < -0.39 is 29.1 Å². The zero-order chi connectivity index (χ0) is 19.9. The molecule has 13 heteroatoms. The summed E-state index contributed by atoms with van der Waals surface area (Å²) in [7, 11) is 0. The second-order valence-electron chi connectivity index (χ2n) is 6.29. The molecule has 4 heterocycles. The van der Waals surface area contributed by atoms with Crippen LogP contribution >= 0.6 is 23.1 Å². The molecule has 0 radical (unpaired) electrons. The smallest absolute Gasteiger partial charge is 0.379 e. The standard InChI is InChI=1S/C15H14F3N5O3S2/c16-15(17,18)9-3-8(23-26-9)11(24)20-10-5-27-12(21-10)14-6-25-2-1-7(14)4-28-13(19)22-14/h3,5,7H,1-2,4,6H2,(H2,19,22)(H,20,24)/t7?,14-/m0/s1. The average molecular weight is 433 g/mol. The number of aromatic nitrogens is 2. The molecule has 2 aliphatic heterocycles. The lowest BCUT2D eigenvalue weighted by Crippen LogP contribution is -2.47. The van der Waals surface area contributed by atoms with E-state index in [2.05, 4.69) is 25.0 Å². The van der Waals surface area contributed by atoms with Crippen LogP contribution in [0.1, 0.15) is 27.7 Å². The molecule has 1 amide bonds. The number of amidine groups is 1. The fourth-order valence-electron chi connectivity index (χ4n) is 3.08. The van der Waals surface area contributed by atoms with Crippen LogP contribution in [-0.4, -0.2) is 40.2 Å². The van der Waals surface area contributed by atoms with Crippen molar-refractivity contribution < 1.29 is 27.2 Å². The Morgan fingerprint density at radius 1 is 1.43 bits per heavy atom. The second-order valence-corrected chi connectivity index (χ2v) is 8.19. The Kier molecular flexibility index (Phi) is 4.83. The number of carbonyl (C=O) groups is 1. The first-order valence-electron chi connectivity index (χ1n) is 8.15. The zero-order valence-corrected chi connectivity index (χ0v) is 15.8. The first-order chi connectivity index (χ1) is 13.3. The van der Waals surface area contributed by atoms with Crippen molar-refractivity contribution in [2.45, 2.75) is 18.1 Å². The highest BCUT2D eigenvalue weighted by atomic mass is 32.2. The third kappa shape index (κ3) is 3.49. The van der Waals surface area contributed by atoms with Crippen molar-refractivity contribution in [3.05, 3.63) is 27.9 Å². The van der Waals surface area contributed by atoms with Crippen LogP contribution in [0.5, 0.6) is 0 Å². The third-order valence-corrected chi connectivity index (χ3v) is 6.45. The molecule has 2 aromatic rings. The highest BCUT2D eigenvalue weighted by Gasteiger charge is 2.48. The van der Waals surface area contributed by atoms with Gasteiger partial charge < -0.3 is 20.3 Å². The minimum atomic E-state index is -4.72. The molecule has 150 valence electrons. The molecule has 0 aliphatic carbocycles. The molecule has 2 aliphatic rings. The molecule has 3 N–H and O–H groups in total. The Hall–Kier alpha value is -2.12. The van der Waals surface area contributed by atoms with E-state index in [1.807, 2.05) is 0 Å². The van der Waals surface area contributed by atoms with E-state index >= 15 is 0 Å². The number of rotatable bonds is 3. The Bertz CT molecular complexity index is 928. The van der Waals surface area contributed by atoms with Gasteiger partial charge in [-0.15, -0.1) is 11.3 Å². The number of ether oxygens (including phenoxy) is 1. The van der Waals surface area contributed by atoms with Crippen molar-refractivity contribution in [3.8, 4) is 0 Å². The number of aliphatic imine (C=N–C) groups is 1. The van der Waals surface area contributed by atoms with Gasteiger partial charge in [0.25, 0.3) is 5.91 Å². The maximum absolute atomic E-state index is 12.6. The molecule has 28 heavy (non-hydrogen) atoms. The Morgan fingerprint density at radius 3 is 3.00 bits per heavy atom. The van der Waals surface area contributed by atoms with Crippen LogP contribution in [0.2, 0.25) is 0 Å². The second kappa shape index (κ2) is 7.04. The van der Waals surface area contributed by atoms with Crippen LogP contribution in [0.25, 0.3) is 0 Å². The van der Waals surface area contributed by atoms with E-state index in [-0.39, 0.29) is 11.7 Å². The monoisotopic (exact) mass is 433 g/mol. The number of thioether (sulfide) groups is 1. The number of alkyl halides is 3. The van der Waals surface area contributed by atoms with Gasteiger partial charge in [-0.25, -0.2) is 9.98 Å². The topological polar surface area (TPSA) is 116 Å². The Morgan fingerprint density at radius 2 is 2.25 bits per heavy atom. The van der Waals surface area contributed by atoms with Gasteiger partial charge in [0.05, 0.1) is 6.61 Å². The van der Waals surface area contributed by atoms with E-state index in [0.29, 0.717) is 29.5 Å². The summed E-state index contributed by atoms with van der Waals surface area (Å²) in [5, 5.41) is 8.26. The number of hydrogen-bond acceptors (Lipinski definition) is 9. The number of thiazole rings is 1. The zero-order valence-electron chi connectivity index (χ0n) is 14.2. The van der Waals surface area contributed by atoms with Gasteiger partial charge in [-0.2, -0.15) is 13.2 Å². The summed E-state index contributed by atoms with van der Waals surface area (Å²) in [6.45, 7) is 0.961. The maximum Gasteiger partial charge on any atom is 0.452 e. The number of nitrogens with zero attached hydrogens (tertiary/aromatic N) is 3. The number of anilines is 1. The predicted molar refractivity (Wildman–Crippen MR) is 96.3 cm³/mol. The number of nitrogens with two attached hydrogens (primary N) is 1. The lowest BCUT2D eigenvalue weighted by atomic mass is 9.82. The molecule has 0 aromatic carbocycles. The molecular weight excluding hydrogens is 419 g/mol. The van der Waals surface area contributed by atoms with Crippen molar-refractivity contribution in [2.75, 3.05) is 24.3 Å². The van der Waals surface area contributed by atoms with Crippen LogP contribution in [0.15, 0.2) is 21.0 Å². The fourth-order valence-corrected chi connectivity index (χ4v) is 5.08. The molecule has 1 unspecified atom stereocenters. The summed E-state index contributed by atoms with van der Waals surface area (Å²) in [6, 6.07) is 0.537. The number of hydrogen-bond donors (Lipinski definition) is 2. The van der Waals surface area contributed by atoms with Crippen molar-refractivity contribution in [1.29, 1.82) is 0 Å². The van der Waals surface area contributed by atoms with Gasteiger partial charge in [-0.1, -0.05) is 16.9 Å². The lowest BCUT2D eigenvalue weighted by molar-refractivity contribution is -0.155. The molecule has 2 atom stereocenters. The van der Waals surface area contributed by atoms with E-state index in [9.17, 15) is 18.0 Å². The van der Waals surface area contributed by atoms with Gasteiger partial charge in [0, 0.05) is 29.7 Å². The van der Waals surface area contributed by atoms with E-state index in [1.54, 1.807) is 5.38 Å². The van der Waals surface area contributed by atoms with Crippen LogP contribution in [0.4, 0.5) is 19.0 Å². The minimum absolute atomic E-state index is 0.187. The summed E-state index contributed by atoms with van der Waals surface area (Å²) in [5.41, 5.74) is 4.72. The number of nitrogens with one attached hydrogen (secondary N) is 1. The van der Waals surface area contributed by atoms with E-state index in [0.717, 1.165) is 12.2 Å². The van der Waals surface area contributed by atoms with Crippen LogP contribution in [-0.2, 0) is 16.5 Å². The Balaban J connectivity index is 1.55. The predicted octanol–water partition coefficient (Wildman–Crippen LogP) is 2.70. The van der Waals surface area contributed by atoms with E-state index in [4.69, 9.17) is 10.5 Å². The summed E-state index contributed by atoms with van der Waals surface area (Å²) < 4.78 is 47.5. The van der Waals surface area contributed by atoms with Crippen molar-refractivity contribution in [2.24, 2.45) is 16.6 Å². The SMILES string of the molecule is NC1=N[C@@]2(c3nc(NC(=O)c4cc(C(F)(F)F)on4)cs3)COCCC2CS1. The molecule has 0 spiro atoms. The van der Waals surface area contributed by atoms with Gasteiger partial charge in [0.15, 0.2) is 10.9 Å². The van der Waals surface area contributed by atoms with E-state index in [1.165, 1.54) is 23.1 Å². The summed E-state index contributed by atoms with van der Waals surface area (Å²) in [4.78, 5) is 21.2. The first kappa shape index (κ1) is 19.2. The molecule has 2 aromatic heterocycles. The first-order valence-corrected chi connectivity index (χ1v) is 10.0. The summed E-state index contributed by atoms with van der Waals surface area (Å²) in [6.07, 6.45) is -3.91. The normalized spacial score (nSPS) is 25.1. The van der Waals surface area contributed by atoms with Crippen LogP contribution in [0, 0.1) is 5.92 Å². The molecule has 0 saturated carbocycles. The summed E-state index contributed by atoms with van der Waals surface area (Å²) in [5.74, 6) is -1.03. The van der Waals surface area contributed by atoms with Gasteiger partial charge in [-0.05, 0) is 6.42 Å². The highest BCUT2D eigenvalue weighted by molar-refractivity contribution is 8.13. The van der Waals surface area contributed by atoms with Crippen molar-refractivity contribution in [3.63, 3.8) is 0 Å². The van der Waals surface area contributed by atoms with Crippen molar-refractivity contribution >= 4 is 40.0 Å². The Labute approximate surface area is 164 Å². The van der Waals surface area contributed by atoms with Gasteiger partial charge >= 0.3 is 6.18 Å². The number of fused-ring (bicyclic) bond motifs is 1. The largest absolute Gasteiger partial charge is 0.452 e. The molecule has 4 rings (SSSR count). The number of carbonyl (C=O) groups excluding carboxylic acids is 1. The van der Waals surface area contributed by atoms with Crippen LogP contribution < -0.4 is 11.1 Å². The summed E-state index contributed by atoms with van der Waals surface area (Å²) >= 11 is 2.76. The molecule has 0 bridgehead atoms. The minimum Gasteiger partial charge on any atom is -0.379 e. The van der Waals surface area contributed by atoms with Gasteiger partial charge in [0.2, 0.25) is 5.76 Å². The molecule has 8 nitrogen and oxygen atoms in total. The quantitative estimate of drug-likeness (QED) is 0.765. The molecule has 1 fully saturated rings. The van der Waals surface area contributed by atoms with Crippen LogP contribution in [0.3, 0.4) is 0 Å². The fraction of sp³-hybridized carbons (Fsp3) is 0.467. The van der Waals surface area contributed by atoms with Crippen molar-refractivity contribution in [1.82, 2.24) is 10.1 Å². The number of halogens is 3. The molecule has 1 saturated heterocycles. The third-order valence-electron chi connectivity index (χ3n) is 4.49. The van der Waals surface area contributed by atoms with Gasteiger partial charge in [0.1, 0.15) is 16.4 Å². The number of amides is 1. The average Bonchev–Trinajstić information content (AvgIpc) is 3.31. The molecular formula is C15H14F3N5O3S2. The maximum atomic E-state index is 12.6.